The maximum absolute atomic E-state index is 11.5. The molecule has 0 radical (unpaired) electrons. The maximum atomic E-state index is 11.5. The first-order valence-corrected chi connectivity index (χ1v) is 8.04. The molecule has 1 aromatic heterocycles. The predicted molar refractivity (Wildman–Crippen MR) is 59.7 cm³/mol. The molecule has 0 aromatic carbocycles. The second kappa shape index (κ2) is 4.50. The Hall–Kier alpha value is -0.950. The Balaban J connectivity index is 3.37. The average Bonchev–Trinajstić information content (AvgIpc) is 2.29. The lowest BCUT2D eigenvalue weighted by Crippen LogP contribution is -2.08. The number of aromatic nitrogens is 1. The molecule has 16 heavy (non-hydrogen) atoms. The Morgan fingerprint density at radius 2 is 1.31 bits per heavy atom. The summed E-state index contributed by atoms with van der Waals surface area (Å²) in [5.74, 6) is -0.158. The van der Waals surface area contributed by atoms with Crippen LogP contribution in [0.15, 0.2) is 28.3 Å². The second-order valence-corrected chi connectivity index (χ2v) is 7.72. The first-order chi connectivity index (χ1) is 7.33. The normalized spacial score (nSPS) is 12.6. The Bertz CT molecular complexity index is 526. The van der Waals surface area contributed by atoms with Crippen molar-refractivity contribution in [3.8, 4) is 0 Å². The summed E-state index contributed by atoms with van der Waals surface area (Å²) in [6, 6.07) is 1.16. The number of hydrogen-bond donors (Lipinski definition) is 0. The molecule has 0 aliphatic carbocycles. The molecule has 1 rings (SSSR count). The Kier molecular flexibility index (Phi) is 3.69. The summed E-state index contributed by atoms with van der Waals surface area (Å²) in [7, 11) is -6.83. The molecule has 0 spiro atoms. The Labute approximate surface area is 95.4 Å². The summed E-state index contributed by atoms with van der Waals surface area (Å²) >= 11 is 0. The fourth-order valence-corrected chi connectivity index (χ4v) is 2.87. The van der Waals surface area contributed by atoms with E-state index in [0.717, 1.165) is 18.5 Å². The van der Waals surface area contributed by atoms with E-state index in [4.69, 9.17) is 0 Å². The van der Waals surface area contributed by atoms with E-state index in [9.17, 15) is 16.8 Å². The van der Waals surface area contributed by atoms with Gasteiger partial charge in [-0.1, -0.05) is 13.8 Å². The van der Waals surface area contributed by atoms with Gasteiger partial charge in [0.1, 0.15) is 0 Å². The van der Waals surface area contributed by atoms with E-state index >= 15 is 0 Å². The van der Waals surface area contributed by atoms with Crippen molar-refractivity contribution in [2.75, 3.05) is 11.5 Å². The summed E-state index contributed by atoms with van der Waals surface area (Å²) in [5, 5.41) is 0. The molecule has 7 heteroatoms. The van der Waals surface area contributed by atoms with Crippen molar-refractivity contribution in [1.29, 1.82) is 0 Å². The lowest BCUT2D eigenvalue weighted by atomic mass is 10.5. The highest BCUT2D eigenvalue weighted by atomic mass is 32.2. The standard InChI is InChI=1S/C9H13NO4S2/c1-3-15(11,12)8-5-9(7-10-6-8)16(13,14)4-2/h5-7H,3-4H2,1-2H3. The van der Waals surface area contributed by atoms with Gasteiger partial charge in [0.2, 0.25) is 0 Å². The molecule has 0 aliphatic rings. The smallest absolute Gasteiger partial charge is 0.179 e. The van der Waals surface area contributed by atoms with Gasteiger partial charge in [0.05, 0.1) is 21.3 Å². The molecule has 0 aliphatic heterocycles. The largest absolute Gasteiger partial charge is 0.262 e. The van der Waals surface area contributed by atoms with Gasteiger partial charge >= 0.3 is 0 Å². The zero-order valence-corrected chi connectivity index (χ0v) is 10.7. The van der Waals surface area contributed by atoms with E-state index in [2.05, 4.69) is 4.98 Å². The van der Waals surface area contributed by atoms with Crippen LogP contribution in [0.25, 0.3) is 0 Å². The molecule has 1 heterocycles. The van der Waals surface area contributed by atoms with Crippen molar-refractivity contribution in [2.45, 2.75) is 23.6 Å². The van der Waals surface area contributed by atoms with E-state index in [0.29, 0.717) is 0 Å². The lowest BCUT2D eigenvalue weighted by Gasteiger charge is -2.04. The topological polar surface area (TPSA) is 81.2 Å². The Morgan fingerprint density at radius 3 is 1.62 bits per heavy atom. The van der Waals surface area contributed by atoms with Gasteiger partial charge in [-0.3, -0.25) is 4.98 Å². The van der Waals surface area contributed by atoms with Crippen molar-refractivity contribution in [3.05, 3.63) is 18.5 Å². The van der Waals surface area contributed by atoms with E-state index in [-0.39, 0.29) is 21.3 Å². The highest BCUT2D eigenvalue weighted by Crippen LogP contribution is 2.16. The van der Waals surface area contributed by atoms with Gasteiger partial charge in [-0.15, -0.1) is 0 Å². The molecule has 0 saturated carbocycles. The molecular weight excluding hydrogens is 250 g/mol. The maximum Gasteiger partial charge on any atom is 0.179 e. The van der Waals surface area contributed by atoms with Crippen LogP contribution in [0, 0.1) is 0 Å². The molecule has 0 atom stereocenters. The van der Waals surface area contributed by atoms with Crippen LogP contribution in [-0.4, -0.2) is 33.3 Å². The van der Waals surface area contributed by atoms with Crippen LogP contribution in [0.3, 0.4) is 0 Å². The highest BCUT2D eigenvalue weighted by molar-refractivity contribution is 7.92. The van der Waals surface area contributed by atoms with E-state index in [1.54, 1.807) is 0 Å². The minimum Gasteiger partial charge on any atom is -0.262 e. The molecule has 5 nitrogen and oxygen atoms in total. The molecule has 0 N–H and O–H groups in total. The zero-order chi connectivity index (χ0) is 12.4. The molecule has 90 valence electrons. The Morgan fingerprint density at radius 1 is 0.938 bits per heavy atom. The van der Waals surface area contributed by atoms with Gasteiger partial charge in [-0.2, -0.15) is 0 Å². The van der Waals surface area contributed by atoms with Crippen LogP contribution in [0.5, 0.6) is 0 Å². The van der Waals surface area contributed by atoms with Gasteiger partial charge in [-0.25, -0.2) is 16.8 Å². The van der Waals surface area contributed by atoms with Gasteiger partial charge in [0.15, 0.2) is 19.7 Å². The third-order valence-corrected chi connectivity index (χ3v) is 5.57. The summed E-state index contributed by atoms with van der Waals surface area (Å²) in [5.41, 5.74) is 0. The second-order valence-electron chi connectivity index (χ2n) is 3.16. The zero-order valence-electron chi connectivity index (χ0n) is 9.04. The number of nitrogens with zero attached hydrogens (tertiary/aromatic N) is 1. The number of rotatable bonds is 4. The molecule has 1 aromatic rings. The van der Waals surface area contributed by atoms with Crippen LogP contribution in [0.2, 0.25) is 0 Å². The molecule has 0 fully saturated rings. The minimum atomic E-state index is -3.42. The fourth-order valence-electron chi connectivity index (χ4n) is 1.07. The van der Waals surface area contributed by atoms with Crippen LogP contribution < -0.4 is 0 Å². The number of hydrogen-bond acceptors (Lipinski definition) is 5. The lowest BCUT2D eigenvalue weighted by molar-refractivity contribution is 0.594. The van der Waals surface area contributed by atoms with Crippen molar-refractivity contribution in [1.82, 2.24) is 4.98 Å². The van der Waals surface area contributed by atoms with E-state index in [1.807, 2.05) is 0 Å². The van der Waals surface area contributed by atoms with Crippen molar-refractivity contribution < 1.29 is 16.8 Å². The summed E-state index contributed by atoms with van der Waals surface area (Å²) < 4.78 is 46.1. The molecule has 0 saturated heterocycles. The minimum absolute atomic E-state index is 0.0514. The summed E-state index contributed by atoms with van der Waals surface area (Å²) in [6.07, 6.45) is 2.32. The third kappa shape index (κ3) is 2.59. The van der Waals surface area contributed by atoms with E-state index < -0.39 is 19.7 Å². The molecular formula is C9H13NO4S2. The first kappa shape index (κ1) is 13.1. The molecule has 0 amide bonds. The van der Waals surface area contributed by atoms with Gasteiger partial charge in [-0.05, 0) is 6.07 Å². The van der Waals surface area contributed by atoms with Crippen LogP contribution in [0.1, 0.15) is 13.8 Å². The van der Waals surface area contributed by atoms with Gasteiger partial charge in [0.25, 0.3) is 0 Å². The summed E-state index contributed by atoms with van der Waals surface area (Å²) in [4.78, 5) is 3.55. The first-order valence-electron chi connectivity index (χ1n) is 4.74. The van der Waals surface area contributed by atoms with Gasteiger partial charge in [0, 0.05) is 12.4 Å². The predicted octanol–water partition coefficient (Wildman–Crippen LogP) is 0.669. The monoisotopic (exact) mass is 263 g/mol. The molecule has 0 bridgehead atoms. The third-order valence-electron chi connectivity index (χ3n) is 2.17. The van der Waals surface area contributed by atoms with E-state index in [1.165, 1.54) is 13.8 Å². The quantitative estimate of drug-likeness (QED) is 0.797. The van der Waals surface area contributed by atoms with Crippen LogP contribution >= 0.6 is 0 Å². The van der Waals surface area contributed by atoms with Crippen molar-refractivity contribution in [3.63, 3.8) is 0 Å². The highest BCUT2D eigenvalue weighted by Gasteiger charge is 2.17. The fraction of sp³-hybridized carbons (Fsp3) is 0.444. The SMILES string of the molecule is CCS(=O)(=O)c1cncc(S(=O)(=O)CC)c1. The molecule has 0 unspecified atom stereocenters. The number of pyridine rings is 1. The van der Waals surface area contributed by atoms with Crippen molar-refractivity contribution >= 4 is 19.7 Å². The summed E-state index contributed by atoms with van der Waals surface area (Å²) in [6.45, 7) is 2.99. The average molecular weight is 263 g/mol. The van der Waals surface area contributed by atoms with Crippen LogP contribution in [0.4, 0.5) is 0 Å². The van der Waals surface area contributed by atoms with Gasteiger partial charge < -0.3 is 0 Å². The number of sulfone groups is 2. The van der Waals surface area contributed by atoms with Crippen molar-refractivity contribution in [2.24, 2.45) is 0 Å². The van der Waals surface area contributed by atoms with Crippen LogP contribution in [-0.2, 0) is 19.7 Å².